The molecule has 0 bridgehead atoms. The number of rotatable bonds is 5. The van der Waals surface area contributed by atoms with Crippen LogP contribution in [-0.2, 0) is 4.79 Å². The average Bonchev–Trinajstić information content (AvgIpc) is 3.50. The topological polar surface area (TPSA) is 93.2 Å². The Bertz CT molecular complexity index is 1590. The predicted molar refractivity (Wildman–Crippen MR) is 145 cm³/mol. The number of carbonyl (C=O) groups is 1. The van der Waals surface area contributed by atoms with Gasteiger partial charge >= 0.3 is 0 Å². The highest BCUT2D eigenvalue weighted by Gasteiger charge is 2.10. The Balaban J connectivity index is 1.20. The minimum atomic E-state index is -0.418. The molecule has 3 heterocycles. The third-order valence-corrected chi connectivity index (χ3v) is 5.62. The van der Waals surface area contributed by atoms with Crippen LogP contribution in [0.3, 0.4) is 0 Å². The van der Waals surface area contributed by atoms with Crippen molar-refractivity contribution in [3.63, 3.8) is 0 Å². The first-order valence-corrected chi connectivity index (χ1v) is 11.8. The van der Waals surface area contributed by atoms with Gasteiger partial charge in [0.25, 0.3) is 0 Å². The fourth-order valence-corrected chi connectivity index (χ4v) is 4.14. The van der Waals surface area contributed by atoms with E-state index in [0.717, 1.165) is 11.1 Å². The fourth-order valence-electron chi connectivity index (χ4n) is 3.39. The molecule has 2 aromatic carbocycles. The van der Waals surface area contributed by atoms with E-state index in [-0.39, 0.29) is 5.11 Å². The van der Waals surface area contributed by atoms with Gasteiger partial charge in [0.15, 0.2) is 10.7 Å². The lowest BCUT2D eigenvalue weighted by atomic mass is 10.2. The number of halogens is 2. The number of fused-ring (bicyclic) bond motifs is 1. The van der Waals surface area contributed by atoms with Crippen LogP contribution < -0.4 is 10.6 Å². The van der Waals surface area contributed by atoms with Gasteiger partial charge in [0, 0.05) is 45.3 Å². The molecule has 0 spiro atoms. The Morgan fingerprint density at radius 1 is 0.917 bits per heavy atom. The molecular formula is C26H16Cl2N4O3S. The van der Waals surface area contributed by atoms with Gasteiger partial charge < -0.3 is 14.2 Å². The van der Waals surface area contributed by atoms with Gasteiger partial charge in [-0.15, -0.1) is 0 Å². The van der Waals surface area contributed by atoms with E-state index in [4.69, 9.17) is 44.3 Å². The van der Waals surface area contributed by atoms with Crippen molar-refractivity contribution in [2.75, 3.05) is 5.32 Å². The van der Waals surface area contributed by atoms with Crippen molar-refractivity contribution in [2.24, 2.45) is 0 Å². The molecule has 0 aliphatic carbocycles. The first-order chi connectivity index (χ1) is 17.4. The molecule has 36 heavy (non-hydrogen) atoms. The monoisotopic (exact) mass is 534 g/mol. The fraction of sp³-hybridized carbons (Fsp3) is 0. The van der Waals surface area contributed by atoms with Crippen LogP contribution in [0.15, 0.2) is 88.0 Å². The molecule has 0 aliphatic rings. The third-order valence-electron chi connectivity index (χ3n) is 4.98. The highest BCUT2D eigenvalue weighted by molar-refractivity contribution is 7.80. The normalized spacial score (nSPS) is 11.2. The molecule has 0 atom stereocenters. The number of thiocarbonyl (C=S) groups is 1. The molecule has 0 aliphatic heterocycles. The lowest BCUT2D eigenvalue weighted by molar-refractivity contribution is -0.115. The third kappa shape index (κ3) is 5.63. The van der Waals surface area contributed by atoms with E-state index in [9.17, 15) is 4.79 Å². The maximum Gasteiger partial charge on any atom is 0.250 e. The zero-order chi connectivity index (χ0) is 25.1. The van der Waals surface area contributed by atoms with Gasteiger partial charge in [-0.3, -0.25) is 15.1 Å². The van der Waals surface area contributed by atoms with Gasteiger partial charge in [-0.25, -0.2) is 4.98 Å². The molecule has 0 unspecified atom stereocenters. The summed E-state index contributed by atoms with van der Waals surface area (Å²) in [7, 11) is 0. The summed E-state index contributed by atoms with van der Waals surface area (Å²) in [5.74, 6) is 1.13. The van der Waals surface area contributed by atoms with Crippen molar-refractivity contribution in [1.82, 2.24) is 15.3 Å². The quantitative estimate of drug-likeness (QED) is 0.185. The maximum absolute atomic E-state index is 12.3. The maximum atomic E-state index is 12.3. The largest absolute Gasteiger partial charge is 0.457 e. The minimum absolute atomic E-state index is 0.135. The summed E-state index contributed by atoms with van der Waals surface area (Å²) in [6, 6.07) is 17.6. The Morgan fingerprint density at radius 3 is 2.47 bits per heavy atom. The van der Waals surface area contributed by atoms with Crippen molar-refractivity contribution in [3.8, 4) is 22.8 Å². The lowest BCUT2D eigenvalue weighted by Crippen LogP contribution is -2.32. The SMILES string of the molecule is O=C(/C=C/c1ccc(-c2cc(Cl)cc(Cl)c2)o1)NC(=S)Nc1ccc2oc(-c3ccncc3)nc2c1. The van der Waals surface area contributed by atoms with Gasteiger partial charge in [-0.2, -0.15) is 0 Å². The number of hydrogen-bond donors (Lipinski definition) is 2. The number of benzene rings is 2. The van der Waals surface area contributed by atoms with Crippen LogP contribution in [0.5, 0.6) is 0 Å². The summed E-state index contributed by atoms with van der Waals surface area (Å²) in [5.41, 5.74) is 3.49. The smallest absolute Gasteiger partial charge is 0.250 e. The first kappa shape index (κ1) is 23.7. The second-order valence-corrected chi connectivity index (χ2v) is 8.86. The van der Waals surface area contributed by atoms with E-state index >= 15 is 0 Å². The van der Waals surface area contributed by atoms with Gasteiger partial charge in [0.05, 0.1) is 0 Å². The van der Waals surface area contributed by atoms with Crippen molar-refractivity contribution < 1.29 is 13.6 Å². The van der Waals surface area contributed by atoms with E-state index in [2.05, 4.69) is 20.6 Å². The number of oxazole rings is 1. The molecule has 7 nitrogen and oxygen atoms in total. The average molecular weight is 535 g/mol. The number of anilines is 1. The summed E-state index contributed by atoms with van der Waals surface area (Å²) >= 11 is 17.4. The van der Waals surface area contributed by atoms with Crippen molar-refractivity contribution >= 4 is 69.3 Å². The summed E-state index contributed by atoms with van der Waals surface area (Å²) in [6.07, 6.45) is 6.21. The van der Waals surface area contributed by atoms with Crippen molar-refractivity contribution in [1.29, 1.82) is 0 Å². The molecule has 2 N–H and O–H groups in total. The van der Waals surface area contributed by atoms with E-state index < -0.39 is 5.91 Å². The zero-order valence-electron chi connectivity index (χ0n) is 18.4. The summed E-state index contributed by atoms with van der Waals surface area (Å²) in [5, 5.41) is 6.71. The van der Waals surface area contributed by atoms with Crippen LogP contribution in [0.4, 0.5) is 5.69 Å². The van der Waals surface area contributed by atoms with Crippen molar-refractivity contribution in [3.05, 3.63) is 94.9 Å². The number of aromatic nitrogens is 2. The Labute approximate surface area is 220 Å². The van der Waals surface area contributed by atoms with E-state index in [0.29, 0.717) is 44.2 Å². The lowest BCUT2D eigenvalue weighted by Gasteiger charge is -2.07. The Morgan fingerprint density at radius 2 is 1.69 bits per heavy atom. The number of pyridine rings is 1. The second kappa shape index (κ2) is 10.3. The molecule has 5 rings (SSSR count). The molecule has 3 aromatic heterocycles. The van der Waals surface area contributed by atoms with Crippen LogP contribution in [-0.4, -0.2) is 21.0 Å². The van der Waals surface area contributed by atoms with E-state index in [1.807, 2.05) is 12.1 Å². The number of nitrogens with one attached hydrogen (secondary N) is 2. The Kier molecular flexibility index (Phi) is 6.81. The van der Waals surface area contributed by atoms with E-state index in [1.54, 1.807) is 60.9 Å². The number of hydrogen-bond acceptors (Lipinski definition) is 6. The summed E-state index contributed by atoms with van der Waals surface area (Å²) < 4.78 is 11.5. The molecule has 0 saturated carbocycles. The molecule has 0 saturated heterocycles. The van der Waals surface area contributed by atoms with Gasteiger partial charge in [0.1, 0.15) is 17.0 Å². The molecule has 0 fully saturated rings. The molecule has 178 valence electrons. The minimum Gasteiger partial charge on any atom is -0.457 e. The van der Waals surface area contributed by atoms with Crippen LogP contribution >= 0.6 is 35.4 Å². The first-order valence-electron chi connectivity index (χ1n) is 10.6. The number of carbonyl (C=O) groups excluding carboxylic acids is 1. The predicted octanol–water partition coefficient (Wildman–Crippen LogP) is 6.98. The standard InChI is InChI=1S/C26H16Cl2N4O3S/c27-17-11-16(12-18(28)13-17)22-5-2-20(34-22)3-6-24(33)32-26(36)30-19-1-4-23-21(14-19)31-25(35-23)15-7-9-29-10-8-15/h1-14H,(H2,30,32,33,36)/b6-3+. The Hall–Kier alpha value is -3.98. The van der Waals surface area contributed by atoms with E-state index in [1.165, 1.54) is 12.2 Å². The van der Waals surface area contributed by atoms with Crippen LogP contribution in [0.1, 0.15) is 5.76 Å². The molecular weight excluding hydrogens is 519 g/mol. The van der Waals surface area contributed by atoms with Gasteiger partial charge in [-0.1, -0.05) is 23.2 Å². The van der Waals surface area contributed by atoms with Crippen LogP contribution in [0.25, 0.3) is 40.0 Å². The number of nitrogens with zero attached hydrogens (tertiary/aromatic N) is 2. The van der Waals surface area contributed by atoms with Crippen molar-refractivity contribution in [2.45, 2.75) is 0 Å². The second-order valence-electron chi connectivity index (χ2n) is 7.57. The summed E-state index contributed by atoms with van der Waals surface area (Å²) in [4.78, 5) is 20.8. The van der Waals surface area contributed by atoms with Crippen LogP contribution in [0.2, 0.25) is 10.0 Å². The van der Waals surface area contributed by atoms with Gasteiger partial charge in [0.2, 0.25) is 11.8 Å². The number of amides is 1. The molecule has 10 heteroatoms. The highest BCUT2D eigenvalue weighted by Crippen LogP contribution is 2.29. The molecule has 5 aromatic rings. The molecule has 0 radical (unpaired) electrons. The highest BCUT2D eigenvalue weighted by atomic mass is 35.5. The summed E-state index contributed by atoms with van der Waals surface area (Å²) in [6.45, 7) is 0. The number of furan rings is 1. The zero-order valence-corrected chi connectivity index (χ0v) is 20.7. The van der Waals surface area contributed by atoms with Gasteiger partial charge in [-0.05, 0) is 79.0 Å². The van der Waals surface area contributed by atoms with Crippen LogP contribution in [0, 0.1) is 0 Å². The molecule has 1 amide bonds.